The van der Waals surface area contributed by atoms with Gasteiger partial charge >= 0.3 is 0 Å². The Morgan fingerprint density at radius 3 is 2.92 bits per heavy atom. The first-order chi connectivity index (χ1) is 12.0. The molecule has 4 heterocycles. The second kappa shape index (κ2) is 6.29. The van der Waals surface area contributed by atoms with Crippen molar-refractivity contribution in [1.29, 1.82) is 0 Å². The predicted octanol–water partition coefficient (Wildman–Crippen LogP) is 2.04. The number of carbonyl (C=O) groups is 1. The Morgan fingerprint density at radius 1 is 1.40 bits per heavy atom. The van der Waals surface area contributed by atoms with E-state index in [1.807, 2.05) is 31.7 Å². The van der Waals surface area contributed by atoms with E-state index in [0.717, 1.165) is 43.3 Å². The number of aryl methyl sites for hydroxylation is 3. The molecule has 2 aromatic heterocycles. The zero-order chi connectivity index (χ0) is 17.6. The van der Waals surface area contributed by atoms with Crippen LogP contribution in [0.5, 0.6) is 0 Å². The Bertz CT molecular complexity index is 781. The lowest BCUT2D eigenvalue weighted by Crippen LogP contribution is -2.44. The van der Waals surface area contributed by atoms with E-state index >= 15 is 0 Å². The number of aromatic amines is 1. The molecule has 2 fully saturated rings. The van der Waals surface area contributed by atoms with E-state index in [4.69, 9.17) is 9.15 Å². The highest BCUT2D eigenvalue weighted by Crippen LogP contribution is 2.36. The topological polar surface area (TPSA) is 84.2 Å². The van der Waals surface area contributed by atoms with Crippen molar-refractivity contribution in [3.8, 4) is 0 Å². The Morgan fingerprint density at radius 2 is 2.24 bits per heavy atom. The first kappa shape index (κ1) is 16.3. The molecule has 0 spiro atoms. The third-order valence-corrected chi connectivity index (χ3v) is 5.38. The molecule has 2 aliphatic rings. The number of likely N-dealkylation sites (tertiary alicyclic amines) is 1. The maximum Gasteiger partial charge on any atom is 0.257 e. The average Bonchev–Trinajstić information content (AvgIpc) is 3.26. The molecule has 0 aliphatic carbocycles. The average molecular weight is 344 g/mol. The summed E-state index contributed by atoms with van der Waals surface area (Å²) in [4.78, 5) is 19.1. The van der Waals surface area contributed by atoms with Crippen molar-refractivity contribution in [3.05, 3.63) is 34.8 Å². The molecular formula is C18H24N4O3. The smallest absolute Gasteiger partial charge is 0.257 e. The largest absolute Gasteiger partial charge is 0.466 e. The molecule has 0 aromatic carbocycles. The SMILES string of the molecule is Cc1nc(C[C@@H]2OC[C@H]3CN(C(=O)c4cc(C)oc4C)CC[C@H]32)n[nH]1. The van der Waals surface area contributed by atoms with Crippen LogP contribution in [0, 0.1) is 32.6 Å². The van der Waals surface area contributed by atoms with E-state index in [9.17, 15) is 4.79 Å². The van der Waals surface area contributed by atoms with Gasteiger partial charge in [-0.05, 0) is 39.2 Å². The summed E-state index contributed by atoms with van der Waals surface area (Å²) in [6, 6.07) is 1.84. The van der Waals surface area contributed by atoms with Crippen LogP contribution in [0.25, 0.3) is 0 Å². The van der Waals surface area contributed by atoms with Gasteiger partial charge in [-0.1, -0.05) is 0 Å². The molecule has 2 aliphatic heterocycles. The summed E-state index contributed by atoms with van der Waals surface area (Å²) >= 11 is 0. The highest BCUT2D eigenvalue weighted by molar-refractivity contribution is 5.95. The van der Waals surface area contributed by atoms with Gasteiger partial charge in [-0.15, -0.1) is 0 Å². The van der Waals surface area contributed by atoms with E-state index in [1.54, 1.807) is 0 Å². The third kappa shape index (κ3) is 3.08. The molecule has 0 saturated carbocycles. The van der Waals surface area contributed by atoms with E-state index in [-0.39, 0.29) is 12.0 Å². The lowest BCUT2D eigenvalue weighted by Gasteiger charge is -2.35. The molecule has 2 saturated heterocycles. The monoisotopic (exact) mass is 344 g/mol. The van der Waals surface area contributed by atoms with E-state index in [1.165, 1.54) is 0 Å². The summed E-state index contributed by atoms with van der Waals surface area (Å²) < 4.78 is 11.5. The summed E-state index contributed by atoms with van der Waals surface area (Å²) in [5, 5.41) is 7.10. The molecular weight excluding hydrogens is 320 g/mol. The van der Waals surface area contributed by atoms with Gasteiger partial charge in [0.2, 0.25) is 0 Å². The van der Waals surface area contributed by atoms with Crippen LogP contribution in [0.2, 0.25) is 0 Å². The molecule has 0 radical (unpaired) electrons. The van der Waals surface area contributed by atoms with Gasteiger partial charge in [0.15, 0.2) is 5.82 Å². The van der Waals surface area contributed by atoms with E-state index < -0.39 is 0 Å². The number of H-pyrrole nitrogens is 1. The number of piperidine rings is 1. The van der Waals surface area contributed by atoms with Crippen molar-refractivity contribution < 1.29 is 13.9 Å². The molecule has 2 aromatic rings. The van der Waals surface area contributed by atoms with Crippen LogP contribution >= 0.6 is 0 Å². The van der Waals surface area contributed by atoms with Crippen molar-refractivity contribution in [2.75, 3.05) is 19.7 Å². The van der Waals surface area contributed by atoms with Gasteiger partial charge in [0.1, 0.15) is 17.3 Å². The van der Waals surface area contributed by atoms with Crippen LogP contribution in [0.4, 0.5) is 0 Å². The van der Waals surface area contributed by atoms with E-state index in [0.29, 0.717) is 29.8 Å². The van der Waals surface area contributed by atoms with Crippen molar-refractivity contribution in [1.82, 2.24) is 20.1 Å². The molecule has 134 valence electrons. The number of rotatable bonds is 3. The number of amides is 1. The summed E-state index contributed by atoms with van der Waals surface area (Å²) in [5.74, 6) is 4.04. The lowest BCUT2D eigenvalue weighted by atomic mass is 9.83. The lowest BCUT2D eigenvalue weighted by molar-refractivity contribution is 0.0608. The molecule has 7 heteroatoms. The van der Waals surface area contributed by atoms with Crippen LogP contribution in [0.1, 0.15) is 39.9 Å². The number of aromatic nitrogens is 3. The van der Waals surface area contributed by atoms with Crippen LogP contribution in [0.15, 0.2) is 10.5 Å². The van der Waals surface area contributed by atoms with Crippen LogP contribution in [0.3, 0.4) is 0 Å². The van der Waals surface area contributed by atoms with Gasteiger partial charge in [0.25, 0.3) is 5.91 Å². The maximum absolute atomic E-state index is 12.8. The number of carbonyl (C=O) groups excluding carboxylic acids is 1. The fourth-order valence-electron chi connectivity index (χ4n) is 4.16. The fourth-order valence-corrected chi connectivity index (χ4v) is 4.16. The standard InChI is InChI=1S/C18H24N4O3/c1-10-6-15(11(2)25-10)18(23)22-5-4-14-13(8-22)9-24-16(14)7-17-19-12(3)20-21-17/h6,13-14,16H,4-5,7-9H2,1-3H3,(H,19,20,21)/t13-,14-,16+/m1/s1. The number of fused-ring (bicyclic) bond motifs is 1. The minimum Gasteiger partial charge on any atom is -0.466 e. The molecule has 7 nitrogen and oxygen atoms in total. The van der Waals surface area contributed by atoms with Gasteiger partial charge in [-0.2, -0.15) is 5.10 Å². The third-order valence-electron chi connectivity index (χ3n) is 5.38. The summed E-state index contributed by atoms with van der Waals surface area (Å²) in [5.41, 5.74) is 0.683. The highest BCUT2D eigenvalue weighted by Gasteiger charge is 2.42. The molecule has 4 rings (SSSR count). The first-order valence-electron chi connectivity index (χ1n) is 8.87. The molecule has 25 heavy (non-hydrogen) atoms. The number of hydrogen-bond donors (Lipinski definition) is 1. The van der Waals surface area contributed by atoms with Crippen molar-refractivity contribution in [2.45, 2.75) is 39.7 Å². The van der Waals surface area contributed by atoms with Crippen molar-refractivity contribution >= 4 is 5.91 Å². The molecule has 0 bridgehead atoms. The zero-order valence-corrected chi connectivity index (χ0v) is 14.9. The summed E-state index contributed by atoms with van der Waals surface area (Å²) in [7, 11) is 0. The Kier molecular flexibility index (Phi) is 4.11. The van der Waals surface area contributed by atoms with Gasteiger partial charge < -0.3 is 14.1 Å². The normalized spacial score (nSPS) is 26.0. The van der Waals surface area contributed by atoms with Gasteiger partial charge in [-0.25, -0.2) is 4.98 Å². The zero-order valence-electron chi connectivity index (χ0n) is 14.9. The summed E-state index contributed by atoms with van der Waals surface area (Å²) in [6.45, 7) is 7.83. The second-order valence-electron chi connectivity index (χ2n) is 7.20. The Hall–Kier alpha value is -2.15. The van der Waals surface area contributed by atoms with E-state index in [2.05, 4.69) is 15.2 Å². The Balaban J connectivity index is 1.41. The fraction of sp³-hybridized carbons (Fsp3) is 0.611. The highest BCUT2D eigenvalue weighted by atomic mass is 16.5. The van der Waals surface area contributed by atoms with Crippen LogP contribution < -0.4 is 0 Å². The molecule has 1 amide bonds. The van der Waals surface area contributed by atoms with Crippen LogP contribution in [-0.2, 0) is 11.2 Å². The van der Waals surface area contributed by atoms with Gasteiger partial charge in [0, 0.05) is 25.4 Å². The molecule has 0 unspecified atom stereocenters. The Labute approximate surface area is 146 Å². The quantitative estimate of drug-likeness (QED) is 0.921. The number of ether oxygens (including phenoxy) is 1. The minimum atomic E-state index is 0.0702. The van der Waals surface area contributed by atoms with Crippen molar-refractivity contribution in [3.63, 3.8) is 0 Å². The number of nitrogens with one attached hydrogen (secondary N) is 1. The number of furan rings is 1. The second-order valence-corrected chi connectivity index (χ2v) is 7.20. The molecule has 3 atom stereocenters. The van der Waals surface area contributed by atoms with Crippen LogP contribution in [-0.4, -0.2) is 51.8 Å². The minimum absolute atomic E-state index is 0.0702. The predicted molar refractivity (Wildman–Crippen MR) is 90.2 cm³/mol. The first-order valence-corrected chi connectivity index (χ1v) is 8.87. The van der Waals surface area contributed by atoms with Gasteiger partial charge in [0.05, 0.1) is 18.3 Å². The molecule has 1 N–H and O–H groups in total. The number of nitrogens with zero attached hydrogens (tertiary/aromatic N) is 3. The maximum atomic E-state index is 12.8. The summed E-state index contributed by atoms with van der Waals surface area (Å²) in [6.07, 6.45) is 1.84. The van der Waals surface area contributed by atoms with Crippen molar-refractivity contribution in [2.24, 2.45) is 11.8 Å². The number of hydrogen-bond acceptors (Lipinski definition) is 5. The van der Waals surface area contributed by atoms with Gasteiger partial charge in [-0.3, -0.25) is 9.89 Å².